The van der Waals surface area contributed by atoms with Gasteiger partial charge in [0.25, 0.3) is 0 Å². The number of amides is 3. The summed E-state index contributed by atoms with van der Waals surface area (Å²) in [6.45, 7) is 4.58. The highest BCUT2D eigenvalue weighted by Crippen LogP contribution is 2.30. The van der Waals surface area contributed by atoms with Gasteiger partial charge in [-0.3, -0.25) is 24.0 Å². The topological polar surface area (TPSA) is 142 Å². The largest absolute Gasteiger partial charge is 0.481 e. The number of halogens is 4. The van der Waals surface area contributed by atoms with E-state index in [1.165, 1.54) is 4.90 Å². The van der Waals surface area contributed by atoms with Crippen molar-refractivity contribution in [1.29, 1.82) is 0 Å². The van der Waals surface area contributed by atoms with E-state index in [9.17, 15) is 46.6 Å². The lowest BCUT2D eigenvalue weighted by Gasteiger charge is -2.32. The molecule has 1 aliphatic heterocycles. The van der Waals surface area contributed by atoms with Crippen molar-refractivity contribution >= 4 is 35.2 Å². The minimum atomic E-state index is -1.90. The van der Waals surface area contributed by atoms with Gasteiger partial charge in [-0.1, -0.05) is 39.0 Å². The first-order chi connectivity index (χ1) is 20.1. The molecule has 10 nitrogen and oxygen atoms in total. The van der Waals surface area contributed by atoms with Gasteiger partial charge in [-0.2, -0.15) is 8.78 Å². The van der Waals surface area contributed by atoms with E-state index < -0.39 is 83.5 Å². The lowest BCUT2D eigenvalue weighted by Crippen LogP contribution is -2.52. The predicted octanol–water partition coefficient (Wildman–Crippen LogP) is 3.33. The van der Waals surface area contributed by atoms with E-state index in [0.717, 1.165) is 5.56 Å². The average molecular weight is 610 g/mol. The fraction of sp³-hybridized carbons (Fsp3) is 0.414. The van der Waals surface area contributed by atoms with E-state index >= 15 is 0 Å². The van der Waals surface area contributed by atoms with Gasteiger partial charge in [-0.05, 0) is 29.9 Å². The predicted molar refractivity (Wildman–Crippen MR) is 144 cm³/mol. The Balaban J connectivity index is 1.66. The SMILES string of the molecule is CC(C)(C)c1ccccc1NC(=O)C(=O)N1CCC[C@H](C(=O)N[C@@H](CC(=O)O)C(=O)COc2c(F)c(F)cc(F)c2F)C1. The Hall–Kier alpha value is -4.49. The van der Waals surface area contributed by atoms with E-state index in [-0.39, 0.29) is 31.0 Å². The first-order valence-corrected chi connectivity index (χ1v) is 13.3. The second-order valence-electron chi connectivity index (χ2n) is 11.1. The Labute approximate surface area is 244 Å². The Morgan fingerprint density at radius 2 is 1.67 bits per heavy atom. The molecule has 1 heterocycles. The standard InChI is InChI=1S/C29H31F4N3O7/c1-29(2,3)16-8-4-5-9-19(16)34-27(41)28(42)36-10-6-7-15(13-36)26(40)35-20(12-22(38)39)21(37)14-43-25-23(32)17(30)11-18(31)24(25)33/h4-5,8-9,11,15,20H,6-7,10,12-14H2,1-3H3,(H,34,41)(H,35,40)(H,38,39)/t15-,20-/m0/s1. The number of carbonyl (C=O) groups excluding carboxylic acids is 4. The molecule has 14 heteroatoms. The molecular weight excluding hydrogens is 578 g/mol. The second kappa shape index (κ2) is 13.7. The zero-order chi connectivity index (χ0) is 32.1. The van der Waals surface area contributed by atoms with E-state index in [4.69, 9.17) is 0 Å². The molecular formula is C29H31F4N3O7. The van der Waals surface area contributed by atoms with Crippen molar-refractivity contribution in [3.8, 4) is 5.75 Å². The van der Waals surface area contributed by atoms with Crippen LogP contribution in [0.3, 0.4) is 0 Å². The molecule has 1 saturated heterocycles. The molecule has 3 amide bonds. The number of carboxylic acid groups (broad SMARTS) is 1. The van der Waals surface area contributed by atoms with Gasteiger partial charge in [0, 0.05) is 24.8 Å². The molecule has 3 N–H and O–H groups in total. The minimum Gasteiger partial charge on any atom is -0.481 e. The van der Waals surface area contributed by atoms with E-state index in [0.29, 0.717) is 12.1 Å². The van der Waals surface area contributed by atoms with Gasteiger partial charge in [-0.15, -0.1) is 0 Å². The van der Waals surface area contributed by atoms with Gasteiger partial charge >= 0.3 is 17.8 Å². The summed E-state index contributed by atoms with van der Waals surface area (Å²) in [5.41, 5.74) is 0.933. The van der Waals surface area contributed by atoms with Gasteiger partial charge < -0.3 is 25.4 Å². The maximum absolute atomic E-state index is 13.9. The molecule has 0 aliphatic carbocycles. The molecule has 0 saturated carbocycles. The van der Waals surface area contributed by atoms with Crippen LogP contribution in [0.4, 0.5) is 23.2 Å². The van der Waals surface area contributed by atoms with Crippen molar-refractivity contribution in [2.45, 2.75) is 51.5 Å². The molecule has 0 radical (unpaired) electrons. The van der Waals surface area contributed by atoms with E-state index in [1.807, 2.05) is 26.8 Å². The van der Waals surface area contributed by atoms with Gasteiger partial charge in [0.1, 0.15) is 12.6 Å². The lowest BCUT2D eigenvalue weighted by atomic mass is 9.86. The van der Waals surface area contributed by atoms with Crippen LogP contribution in [0.1, 0.15) is 45.6 Å². The maximum Gasteiger partial charge on any atom is 0.313 e. The highest BCUT2D eigenvalue weighted by molar-refractivity contribution is 6.39. The first kappa shape index (κ1) is 33.0. The Morgan fingerprint density at radius 1 is 1.05 bits per heavy atom. The van der Waals surface area contributed by atoms with Crippen LogP contribution in [-0.4, -0.2) is 65.2 Å². The summed E-state index contributed by atoms with van der Waals surface area (Å²) in [5.74, 6) is -15.1. The van der Waals surface area contributed by atoms with Gasteiger partial charge in [0.15, 0.2) is 23.2 Å². The molecule has 0 unspecified atom stereocenters. The summed E-state index contributed by atoms with van der Waals surface area (Å²) >= 11 is 0. The van der Waals surface area contributed by atoms with Crippen molar-refractivity contribution < 1.29 is 51.4 Å². The maximum atomic E-state index is 13.9. The number of carbonyl (C=O) groups is 5. The third kappa shape index (κ3) is 8.30. The van der Waals surface area contributed by atoms with Gasteiger partial charge in [-0.25, -0.2) is 8.78 Å². The number of piperidine rings is 1. The zero-order valence-electron chi connectivity index (χ0n) is 23.6. The summed E-state index contributed by atoms with van der Waals surface area (Å²) in [4.78, 5) is 63.9. The number of para-hydroxylation sites is 1. The minimum absolute atomic E-state index is 0.0561. The van der Waals surface area contributed by atoms with Gasteiger partial charge in [0.2, 0.25) is 17.5 Å². The molecule has 1 aliphatic rings. The smallest absolute Gasteiger partial charge is 0.313 e. The number of anilines is 1. The summed E-state index contributed by atoms with van der Waals surface area (Å²) in [5, 5.41) is 14.1. The van der Waals surface area contributed by atoms with Crippen LogP contribution in [-0.2, 0) is 29.4 Å². The van der Waals surface area contributed by atoms with Crippen molar-refractivity contribution in [3.05, 3.63) is 59.2 Å². The number of hydrogen-bond acceptors (Lipinski definition) is 6. The number of hydrogen-bond donors (Lipinski definition) is 3. The monoisotopic (exact) mass is 609 g/mol. The molecule has 232 valence electrons. The van der Waals surface area contributed by atoms with Crippen LogP contribution in [0.2, 0.25) is 0 Å². The summed E-state index contributed by atoms with van der Waals surface area (Å²) < 4.78 is 59.2. The number of carboxylic acids is 1. The fourth-order valence-electron chi connectivity index (χ4n) is 4.57. The molecule has 2 aromatic carbocycles. The number of nitrogens with one attached hydrogen (secondary N) is 2. The quantitative estimate of drug-likeness (QED) is 0.225. The van der Waals surface area contributed by atoms with Crippen molar-refractivity contribution in [3.63, 3.8) is 0 Å². The molecule has 2 aromatic rings. The highest BCUT2D eigenvalue weighted by Gasteiger charge is 2.34. The van der Waals surface area contributed by atoms with Crippen molar-refractivity contribution in [1.82, 2.24) is 10.2 Å². The molecule has 43 heavy (non-hydrogen) atoms. The van der Waals surface area contributed by atoms with Crippen LogP contribution in [0, 0.1) is 29.2 Å². The summed E-state index contributed by atoms with van der Waals surface area (Å²) in [7, 11) is 0. The number of ketones is 1. The number of benzene rings is 2. The van der Waals surface area contributed by atoms with Crippen molar-refractivity contribution in [2.75, 3.05) is 25.0 Å². The van der Waals surface area contributed by atoms with Gasteiger partial charge in [0.05, 0.1) is 12.3 Å². The Bertz CT molecular complexity index is 1400. The van der Waals surface area contributed by atoms with Crippen molar-refractivity contribution in [2.24, 2.45) is 5.92 Å². The molecule has 2 atom stereocenters. The molecule has 0 bridgehead atoms. The van der Waals surface area contributed by atoms with E-state index in [1.54, 1.807) is 18.2 Å². The number of ether oxygens (including phenoxy) is 1. The van der Waals surface area contributed by atoms with Crippen LogP contribution >= 0.6 is 0 Å². The third-order valence-corrected chi connectivity index (χ3v) is 6.77. The summed E-state index contributed by atoms with van der Waals surface area (Å²) in [6.07, 6.45) is -0.380. The van der Waals surface area contributed by atoms with Crippen LogP contribution in [0.15, 0.2) is 30.3 Å². The first-order valence-electron chi connectivity index (χ1n) is 13.3. The molecule has 1 fully saturated rings. The van der Waals surface area contributed by atoms with Crippen LogP contribution < -0.4 is 15.4 Å². The lowest BCUT2D eigenvalue weighted by molar-refractivity contribution is -0.145. The zero-order valence-corrected chi connectivity index (χ0v) is 23.6. The van der Waals surface area contributed by atoms with E-state index in [2.05, 4.69) is 15.4 Å². The second-order valence-corrected chi connectivity index (χ2v) is 11.1. The Kier molecular flexibility index (Phi) is 10.5. The number of nitrogens with zero attached hydrogens (tertiary/aromatic N) is 1. The number of rotatable bonds is 9. The normalized spacial score (nSPS) is 15.8. The average Bonchev–Trinajstić information content (AvgIpc) is 2.94. The van der Waals surface area contributed by atoms with Crippen LogP contribution in [0.5, 0.6) is 5.75 Å². The highest BCUT2D eigenvalue weighted by atomic mass is 19.2. The summed E-state index contributed by atoms with van der Waals surface area (Å²) in [6, 6.07) is 5.20. The van der Waals surface area contributed by atoms with Crippen LogP contribution in [0.25, 0.3) is 0 Å². The molecule has 0 spiro atoms. The third-order valence-electron chi connectivity index (χ3n) is 6.77. The number of Topliss-reactive ketones (excluding diaryl/α,β-unsaturated/α-hetero) is 1. The Morgan fingerprint density at radius 3 is 2.28 bits per heavy atom. The molecule has 3 rings (SSSR count). The fourth-order valence-corrected chi connectivity index (χ4v) is 4.57. The number of likely N-dealkylation sites (tertiary alicyclic amines) is 1. The number of aliphatic carboxylic acids is 1. The molecule has 0 aromatic heterocycles.